The molecule has 0 aliphatic carbocycles. The Balaban J connectivity index is 2.65. The van der Waals surface area contributed by atoms with Gasteiger partial charge in [-0.25, -0.2) is 13.4 Å². The zero-order valence-electron chi connectivity index (χ0n) is 11.6. The van der Waals surface area contributed by atoms with Gasteiger partial charge in [-0.2, -0.15) is 18.3 Å². The Hall–Kier alpha value is -1.13. The first-order valence-corrected chi connectivity index (χ1v) is 8.52. The number of sulfone groups is 1. The Bertz CT molecular complexity index is 809. The summed E-state index contributed by atoms with van der Waals surface area (Å²) in [4.78, 5) is 3.67. The first kappa shape index (κ1) is 17.2. The molecule has 22 heavy (non-hydrogen) atoms. The summed E-state index contributed by atoms with van der Waals surface area (Å²) in [7, 11) is -2.88. The number of hydrogen-bond acceptors (Lipinski definition) is 5. The van der Waals surface area contributed by atoms with Gasteiger partial charge in [0.2, 0.25) is 14.2 Å². The molecule has 2 heterocycles. The molecule has 2 aromatic heterocycles. The number of rotatable bonds is 3. The van der Waals surface area contributed by atoms with E-state index in [4.69, 9.17) is 11.6 Å². The molecule has 0 spiro atoms. The molecule has 0 bridgehead atoms. The van der Waals surface area contributed by atoms with Crippen molar-refractivity contribution in [1.82, 2.24) is 14.8 Å². The van der Waals surface area contributed by atoms with Crippen LogP contribution in [0.2, 0.25) is 4.34 Å². The Morgan fingerprint density at radius 3 is 2.36 bits per heavy atom. The molecule has 0 unspecified atom stereocenters. The molecular formula is C11H11ClF3N3O2S2. The van der Waals surface area contributed by atoms with Gasteiger partial charge < -0.3 is 0 Å². The maximum Gasteiger partial charge on any atom is 0.435 e. The Kier molecular flexibility index (Phi) is 4.08. The van der Waals surface area contributed by atoms with E-state index >= 15 is 0 Å². The number of thiazole rings is 1. The van der Waals surface area contributed by atoms with Gasteiger partial charge >= 0.3 is 6.18 Å². The Labute approximate surface area is 133 Å². The SMILES string of the molecule is Cn1cc(C(C)(C)S(=O)(=O)c2ncc(Cl)s2)c(C(F)(F)F)n1. The number of aromatic nitrogens is 3. The molecule has 122 valence electrons. The standard InChI is InChI=1S/C11H11ClF3N3O2S2/c1-10(2,22(19,20)9-16-4-7(12)21-9)6-5-18(3)17-8(6)11(13,14)15/h4-5H,1-3H3. The van der Waals surface area contributed by atoms with Crippen LogP contribution in [0.15, 0.2) is 16.7 Å². The van der Waals surface area contributed by atoms with E-state index in [1.54, 1.807) is 0 Å². The molecule has 0 fully saturated rings. The molecule has 0 aliphatic heterocycles. The summed E-state index contributed by atoms with van der Waals surface area (Å²) in [6.07, 6.45) is -2.57. The fraction of sp³-hybridized carbons (Fsp3) is 0.455. The summed E-state index contributed by atoms with van der Waals surface area (Å²) in [5.41, 5.74) is -1.67. The van der Waals surface area contributed by atoms with E-state index in [2.05, 4.69) is 10.1 Å². The highest BCUT2D eigenvalue weighted by molar-refractivity contribution is 7.94. The largest absolute Gasteiger partial charge is 0.435 e. The van der Waals surface area contributed by atoms with Crippen LogP contribution >= 0.6 is 22.9 Å². The van der Waals surface area contributed by atoms with Crippen LogP contribution in [-0.4, -0.2) is 23.2 Å². The van der Waals surface area contributed by atoms with Crippen LogP contribution in [0.1, 0.15) is 25.1 Å². The minimum absolute atomic E-state index is 0.136. The van der Waals surface area contributed by atoms with E-state index in [0.717, 1.165) is 17.1 Å². The molecule has 0 N–H and O–H groups in total. The van der Waals surface area contributed by atoms with Crippen molar-refractivity contribution >= 4 is 32.8 Å². The molecule has 0 atom stereocenters. The smallest absolute Gasteiger partial charge is 0.275 e. The molecule has 0 saturated carbocycles. The third-order valence-electron chi connectivity index (χ3n) is 3.10. The number of aryl methyl sites for hydroxylation is 1. The van der Waals surface area contributed by atoms with Gasteiger partial charge in [-0.1, -0.05) is 22.9 Å². The highest BCUT2D eigenvalue weighted by Gasteiger charge is 2.48. The summed E-state index contributed by atoms with van der Waals surface area (Å²) in [6, 6.07) is 0. The van der Waals surface area contributed by atoms with Crippen LogP contribution < -0.4 is 0 Å². The van der Waals surface area contributed by atoms with E-state index < -0.39 is 32.0 Å². The lowest BCUT2D eigenvalue weighted by atomic mass is 10.0. The summed E-state index contributed by atoms with van der Waals surface area (Å²) >= 11 is 6.36. The van der Waals surface area contributed by atoms with Gasteiger partial charge in [0.05, 0.1) is 6.20 Å². The van der Waals surface area contributed by atoms with Gasteiger partial charge in [0.15, 0.2) is 5.69 Å². The molecule has 0 saturated heterocycles. The zero-order chi connectivity index (χ0) is 16.9. The van der Waals surface area contributed by atoms with E-state index in [-0.39, 0.29) is 8.68 Å². The predicted molar refractivity (Wildman–Crippen MR) is 75.5 cm³/mol. The quantitative estimate of drug-likeness (QED) is 0.828. The lowest BCUT2D eigenvalue weighted by Gasteiger charge is -2.23. The molecular weight excluding hydrogens is 363 g/mol. The third-order valence-corrected chi connectivity index (χ3v) is 7.05. The second-order valence-electron chi connectivity index (χ2n) is 5.01. The summed E-state index contributed by atoms with van der Waals surface area (Å²) in [6.45, 7) is 2.37. The lowest BCUT2D eigenvalue weighted by Crippen LogP contribution is -2.31. The summed E-state index contributed by atoms with van der Waals surface area (Å²) in [5.74, 6) is 0. The Morgan fingerprint density at radius 2 is 1.91 bits per heavy atom. The topological polar surface area (TPSA) is 64.8 Å². The summed E-state index contributed by atoms with van der Waals surface area (Å²) < 4.78 is 63.4. The van der Waals surface area contributed by atoms with Crippen molar-refractivity contribution in [3.63, 3.8) is 0 Å². The van der Waals surface area contributed by atoms with Crippen LogP contribution in [0.5, 0.6) is 0 Å². The number of halogens is 4. The average Bonchev–Trinajstić information content (AvgIpc) is 2.94. The highest BCUT2D eigenvalue weighted by atomic mass is 35.5. The van der Waals surface area contributed by atoms with Crippen LogP contribution in [-0.2, 0) is 27.8 Å². The highest BCUT2D eigenvalue weighted by Crippen LogP contribution is 2.42. The van der Waals surface area contributed by atoms with Crippen molar-refractivity contribution in [2.24, 2.45) is 7.05 Å². The van der Waals surface area contributed by atoms with Crippen molar-refractivity contribution in [2.75, 3.05) is 0 Å². The zero-order valence-corrected chi connectivity index (χ0v) is 14.0. The van der Waals surface area contributed by atoms with Gasteiger partial charge in [-0.15, -0.1) is 0 Å². The normalized spacial score (nSPS) is 13.6. The molecule has 11 heteroatoms. The number of hydrogen-bond donors (Lipinski definition) is 0. The minimum atomic E-state index is -4.76. The van der Waals surface area contributed by atoms with Gasteiger partial charge in [-0.3, -0.25) is 4.68 Å². The van der Waals surface area contributed by atoms with E-state index in [9.17, 15) is 21.6 Å². The van der Waals surface area contributed by atoms with Crippen molar-refractivity contribution in [1.29, 1.82) is 0 Å². The van der Waals surface area contributed by atoms with Gasteiger partial charge in [0.1, 0.15) is 9.08 Å². The third kappa shape index (κ3) is 2.74. The number of alkyl halides is 3. The monoisotopic (exact) mass is 373 g/mol. The molecule has 0 aromatic carbocycles. The lowest BCUT2D eigenvalue weighted by molar-refractivity contribution is -0.142. The van der Waals surface area contributed by atoms with Gasteiger partial charge in [0, 0.05) is 18.8 Å². The van der Waals surface area contributed by atoms with Crippen molar-refractivity contribution in [3.8, 4) is 0 Å². The molecule has 0 aliphatic rings. The van der Waals surface area contributed by atoms with Crippen LogP contribution in [0, 0.1) is 0 Å². The second kappa shape index (κ2) is 5.20. The van der Waals surface area contributed by atoms with Crippen LogP contribution in [0.25, 0.3) is 0 Å². The van der Waals surface area contributed by atoms with Crippen molar-refractivity contribution < 1.29 is 21.6 Å². The second-order valence-corrected chi connectivity index (χ2v) is 9.34. The first-order chi connectivity index (χ1) is 9.87. The van der Waals surface area contributed by atoms with Crippen LogP contribution in [0.3, 0.4) is 0 Å². The van der Waals surface area contributed by atoms with Gasteiger partial charge in [0.25, 0.3) is 0 Å². The van der Waals surface area contributed by atoms with E-state index in [1.165, 1.54) is 20.9 Å². The summed E-state index contributed by atoms with van der Waals surface area (Å²) in [5, 5.41) is 3.34. The van der Waals surface area contributed by atoms with Crippen LogP contribution in [0.4, 0.5) is 13.2 Å². The van der Waals surface area contributed by atoms with Crippen molar-refractivity contribution in [3.05, 3.63) is 28.0 Å². The minimum Gasteiger partial charge on any atom is -0.275 e. The fourth-order valence-electron chi connectivity index (χ4n) is 1.87. The molecule has 5 nitrogen and oxygen atoms in total. The van der Waals surface area contributed by atoms with Crippen molar-refractivity contribution in [2.45, 2.75) is 29.1 Å². The first-order valence-electron chi connectivity index (χ1n) is 5.84. The average molecular weight is 374 g/mol. The molecule has 0 amide bonds. The fourth-order valence-corrected chi connectivity index (χ4v) is 5.05. The van der Waals surface area contributed by atoms with E-state index in [0.29, 0.717) is 11.3 Å². The molecule has 2 rings (SSSR count). The predicted octanol–water partition coefficient (Wildman–Crippen LogP) is 3.26. The van der Waals surface area contributed by atoms with Gasteiger partial charge in [-0.05, 0) is 13.8 Å². The number of nitrogens with zero attached hydrogens (tertiary/aromatic N) is 3. The Morgan fingerprint density at radius 1 is 1.32 bits per heavy atom. The molecule has 0 radical (unpaired) electrons. The maximum atomic E-state index is 13.1. The van der Waals surface area contributed by atoms with E-state index in [1.807, 2.05) is 0 Å². The molecule has 2 aromatic rings. The maximum absolute atomic E-state index is 13.1.